The third kappa shape index (κ3) is 6.97. The fourth-order valence-corrected chi connectivity index (χ4v) is 5.61. The van der Waals surface area contributed by atoms with Crippen LogP contribution in [0.4, 0.5) is 28.9 Å². The van der Waals surface area contributed by atoms with Crippen molar-refractivity contribution in [1.82, 2.24) is 19.6 Å². The van der Waals surface area contributed by atoms with E-state index in [1.165, 1.54) is 18.3 Å². The van der Waals surface area contributed by atoms with Gasteiger partial charge in [0.2, 0.25) is 5.91 Å². The zero-order chi connectivity index (χ0) is 30.9. The highest BCUT2D eigenvalue weighted by Gasteiger charge is 2.43. The van der Waals surface area contributed by atoms with Crippen LogP contribution in [0.15, 0.2) is 41.2 Å². The highest BCUT2D eigenvalue weighted by Crippen LogP contribution is 2.38. The quantitative estimate of drug-likeness (QED) is 0.485. The number of anilines is 2. The van der Waals surface area contributed by atoms with Gasteiger partial charge in [0.25, 0.3) is 5.91 Å². The first kappa shape index (κ1) is 30.8. The van der Waals surface area contributed by atoms with Crippen LogP contribution in [-0.2, 0) is 20.9 Å². The molecule has 3 atom stereocenters. The maximum Gasteiger partial charge on any atom is 0.414 e. The number of halogens is 4. The molecule has 0 aliphatic carbocycles. The number of carbonyl (C=O) groups is 2. The summed E-state index contributed by atoms with van der Waals surface area (Å²) in [5.41, 5.74) is -0.202. The summed E-state index contributed by atoms with van der Waals surface area (Å²) in [5, 5.41) is 6.97. The van der Waals surface area contributed by atoms with Crippen molar-refractivity contribution in [2.45, 2.75) is 38.7 Å². The number of aliphatic imine (C=N–C) groups is 1. The van der Waals surface area contributed by atoms with Gasteiger partial charge in [0, 0.05) is 74.4 Å². The summed E-state index contributed by atoms with van der Waals surface area (Å²) < 4.78 is 64.0. The highest BCUT2D eigenvalue weighted by molar-refractivity contribution is 6.11. The maximum absolute atomic E-state index is 15.8. The summed E-state index contributed by atoms with van der Waals surface area (Å²) in [4.78, 5) is 34.7. The van der Waals surface area contributed by atoms with Crippen molar-refractivity contribution in [3.8, 4) is 11.1 Å². The Morgan fingerprint density at radius 2 is 1.81 bits per heavy atom. The standard InChI is InChI=1S/C29H35F4N7O3/c1-18-15-39(16-19(2)37(18)3)26-12-24(30)21(20-13-35-40(17-20)5-4-38-6-8-43-9-7-38)10-25(26)36-28(42)22-14-34-27(41)11-23(22)29(31,32)33/h10-14,17-19,22H,4-9,15-16H2,1-3H3,(H,36,42)/t18-,19+,22?. The van der Waals surface area contributed by atoms with Crippen LogP contribution in [0.1, 0.15) is 13.8 Å². The van der Waals surface area contributed by atoms with Gasteiger partial charge in [-0.25, -0.2) is 9.38 Å². The minimum atomic E-state index is -4.92. The number of aromatic nitrogens is 2. The molecule has 43 heavy (non-hydrogen) atoms. The minimum absolute atomic E-state index is 0.0935. The molecule has 4 heterocycles. The number of ether oxygens (including phenoxy) is 1. The average molecular weight is 606 g/mol. The van der Waals surface area contributed by atoms with E-state index in [1.54, 1.807) is 10.9 Å². The number of likely N-dealkylation sites (N-methyl/N-ethyl adjacent to an activating group) is 1. The Kier molecular flexibility index (Phi) is 8.99. The first-order valence-electron chi connectivity index (χ1n) is 14.2. The molecule has 2 amide bonds. The molecule has 3 aliphatic rings. The highest BCUT2D eigenvalue weighted by atomic mass is 19.4. The Morgan fingerprint density at radius 3 is 2.49 bits per heavy atom. The second-order valence-corrected chi connectivity index (χ2v) is 11.2. The van der Waals surface area contributed by atoms with Crippen LogP contribution in [-0.4, -0.2) is 109 Å². The van der Waals surface area contributed by atoms with Crippen LogP contribution in [0.25, 0.3) is 11.1 Å². The number of dihydropyridines is 1. The molecule has 1 unspecified atom stereocenters. The van der Waals surface area contributed by atoms with E-state index in [1.807, 2.05) is 25.8 Å². The van der Waals surface area contributed by atoms with Crippen molar-refractivity contribution in [3.63, 3.8) is 0 Å². The van der Waals surface area contributed by atoms with Crippen LogP contribution >= 0.6 is 0 Å². The van der Waals surface area contributed by atoms with Crippen LogP contribution in [0.3, 0.4) is 0 Å². The second-order valence-electron chi connectivity index (χ2n) is 11.2. The summed E-state index contributed by atoms with van der Waals surface area (Å²) in [6.45, 7) is 9.36. The Labute approximate surface area is 247 Å². The first-order chi connectivity index (χ1) is 20.4. The summed E-state index contributed by atoms with van der Waals surface area (Å²) >= 11 is 0. The number of amides is 2. The van der Waals surface area contributed by atoms with Gasteiger partial charge in [0.1, 0.15) is 11.7 Å². The van der Waals surface area contributed by atoms with E-state index < -0.39 is 35.3 Å². The van der Waals surface area contributed by atoms with E-state index in [0.717, 1.165) is 19.6 Å². The number of alkyl halides is 3. The summed E-state index contributed by atoms with van der Waals surface area (Å²) in [5.74, 6) is -4.52. The van der Waals surface area contributed by atoms with Gasteiger partial charge in [-0.05, 0) is 33.0 Å². The van der Waals surface area contributed by atoms with Crippen molar-refractivity contribution in [2.24, 2.45) is 10.9 Å². The van der Waals surface area contributed by atoms with Gasteiger partial charge in [0.15, 0.2) is 0 Å². The lowest BCUT2D eigenvalue weighted by molar-refractivity contribution is -0.124. The normalized spacial score (nSPS) is 23.9. The SMILES string of the molecule is C[C@@H]1CN(c2cc(F)c(-c3cnn(CCN4CCOCC4)c3)cc2NC(=O)C2C=NC(=O)C=C2C(F)(F)F)C[C@H](C)N1C. The molecule has 0 saturated carbocycles. The predicted octanol–water partition coefficient (Wildman–Crippen LogP) is 3.20. The van der Waals surface area contributed by atoms with Gasteiger partial charge in [-0.2, -0.15) is 18.3 Å². The van der Waals surface area contributed by atoms with Crippen LogP contribution in [0, 0.1) is 11.7 Å². The summed E-state index contributed by atoms with van der Waals surface area (Å²) in [6, 6.07) is 2.92. The molecule has 1 aromatic heterocycles. The molecule has 2 saturated heterocycles. The molecule has 14 heteroatoms. The van der Waals surface area contributed by atoms with Crippen molar-refractivity contribution in [3.05, 3.63) is 42.0 Å². The Bertz CT molecular complexity index is 1410. The molecule has 10 nitrogen and oxygen atoms in total. The lowest BCUT2D eigenvalue weighted by Crippen LogP contribution is -2.55. The molecular formula is C29H35F4N7O3. The predicted molar refractivity (Wildman–Crippen MR) is 154 cm³/mol. The molecule has 0 radical (unpaired) electrons. The zero-order valence-electron chi connectivity index (χ0n) is 24.3. The number of rotatable bonds is 7. The number of morpholine rings is 1. The third-order valence-electron chi connectivity index (χ3n) is 8.31. The molecule has 232 valence electrons. The van der Waals surface area contributed by atoms with Gasteiger partial charge in [-0.1, -0.05) is 0 Å². The van der Waals surface area contributed by atoms with Crippen molar-refractivity contribution in [1.29, 1.82) is 0 Å². The lowest BCUT2D eigenvalue weighted by Gasteiger charge is -2.44. The summed E-state index contributed by atoms with van der Waals surface area (Å²) in [7, 11) is 1.99. The van der Waals surface area contributed by atoms with Crippen molar-refractivity contribution >= 4 is 29.4 Å². The van der Waals surface area contributed by atoms with E-state index in [0.29, 0.717) is 56.4 Å². The molecule has 3 aliphatic heterocycles. The number of hydrogen-bond donors (Lipinski definition) is 1. The molecule has 2 fully saturated rings. The van der Waals surface area contributed by atoms with Gasteiger partial charge < -0.3 is 15.0 Å². The molecule has 5 rings (SSSR count). The fourth-order valence-electron chi connectivity index (χ4n) is 5.61. The van der Waals surface area contributed by atoms with E-state index in [4.69, 9.17) is 4.74 Å². The van der Waals surface area contributed by atoms with Gasteiger partial charge >= 0.3 is 6.18 Å². The molecule has 2 aromatic rings. The second kappa shape index (κ2) is 12.5. The Morgan fingerprint density at radius 1 is 1.12 bits per heavy atom. The third-order valence-corrected chi connectivity index (χ3v) is 8.31. The lowest BCUT2D eigenvalue weighted by atomic mass is 9.95. The number of nitrogens with zero attached hydrogens (tertiary/aromatic N) is 6. The topological polar surface area (TPSA) is 95.3 Å². The smallest absolute Gasteiger partial charge is 0.379 e. The van der Waals surface area contributed by atoms with Crippen LogP contribution in [0.5, 0.6) is 0 Å². The molecule has 1 aromatic carbocycles. The first-order valence-corrected chi connectivity index (χ1v) is 14.2. The van der Waals surface area contributed by atoms with E-state index >= 15 is 4.39 Å². The molecule has 1 N–H and O–H groups in total. The molecule has 0 spiro atoms. The van der Waals surface area contributed by atoms with Crippen LogP contribution < -0.4 is 10.2 Å². The maximum atomic E-state index is 15.8. The van der Waals surface area contributed by atoms with Gasteiger partial charge in [-0.15, -0.1) is 0 Å². The zero-order valence-corrected chi connectivity index (χ0v) is 24.3. The van der Waals surface area contributed by atoms with Gasteiger partial charge in [-0.3, -0.25) is 24.1 Å². The number of hydrogen-bond acceptors (Lipinski definition) is 7. The van der Waals surface area contributed by atoms with E-state index in [-0.39, 0.29) is 23.3 Å². The Balaban J connectivity index is 1.46. The van der Waals surface area contributed by atoms with Crippen molar-refractivity contribution < 1.29 is 31.9 Å². The Hall–Kier alpha value is -3.62. The average Bonchev–Trinajstić information content (AvgIpc) is 3.44. The molecular weight excluding hydrogens is 570 g/mol. The summed E-state index contributed by atoms with van der Waals surface area (Å²) in [6.07, 6.45) is -0.667. The number of nitrogens with one attached hydrogen (secondary N) is 1. The molecule has 0 bridgehead atoms. The van der Waals surface area contributed by atoms with Gasteiger partial charge in [0.05, 0.1) is 42.9 Å². The van der Waals surface area contributed by atoms with E-state index in [2.05, 4.69) is 25.2 Å². The number of piperazine rings is 1. The minimum Gasteiger partial charge on any atom is -0.379 e. The van der Waals surface area contributed by atoms with E-state index in [9.17, 15) is 22.8 Å². The van der Waals surface area contributed by atoms with Crippen molar-refractivity contribution in [2.75, 3.05) is 63.2 Å². The number of carbonyl (C=O) groups excluding carboxylic acids is 2. The van der Waals surface area contributed by atoms with Crippen LogP contribution in [0.2, 0.25) is 0 Å². The largest absolute Gasteiger partial charge is 0.414 e. The monoisotopic (exact) mass is 605 g/mol. The number of benzene rings is 1. The fraction of sp³-hybridized carbons (Fsp3) is 0.517.